The molecule has 0 radical (unpaired) electrons. The fourth-order valence-electron chi connectivity index (χ4n) is 0.602. The number of aromatic nitrogens is 1. The SMILES string of the molecule is CC.Cc1cnc(C)c(Cl)c1. The second kappa shape index (κ2) is 5.14. The van der Waals surface area contributed by atoms with E-state index in [9.17, 15) is 0 Å². The molecule has 1 heterocycles. The number of hydrogen-bond acceptors (Lipinski definition) is 1. The Labute approximate surface area is 73.4 Å². The topological polar surface area (TPSA) is 12.9 Å². The van der Waals surface area contributed by atoms with Crippen LogP contribution in [0.2, 0.25) is 5.02 Å². The standard InChI is InChI=1S/C7H8ClN.C2H6/c1-5-3-7(8)6(2)9-4-5;1-2/h3-4H,1-2H3;1-2H3. The van der Waals surface area contributed by atoms with Crippen LogP contribution in [-0.2, 0) is 0 Å². The number of halogens is 1. The summed E-state index contributed by atoms with van der Waals surface area (Å²) in [7, 11) is 0. The highest BCUT2D eigenvalue weighted by Gasteiger charge is 1.92. The van der Waals surface area contributed by atoms with E-state index in [1.54, 1.807) is 6.20 Å². The van der Waals surface area contributed by atoms with Gasteiger partial charge in [-0.3, -0.25) is 4.98 Å². The highest BCUT2D eigenvalue weighted by atomic mass is 35.5. The van der Waals surface area contributed by atoms with Gasteiger partial charge in [-0.1, -0.05) is 25.4 Å². The third-order valence-electron chi connectivity index (χ3n) is 1.16. The van der Waals surface area contributed by atoms with E-state index in [2.05, 4.69) is 4.98 Å². The van der Waals surface area contributed by atoms with Crippen molar-refractivity contribution in [3.63, 3.8) is 0 Å². The van der Waals surface area contributed by atoms with Crippen molar-refractivity contribution in [2.24, 2.45) is 0 Å². The summed E-state index contributed by atoms with van der Waals surface area (Å²) in [6.45, 7) is 7.86. The molecule has 0 aromatic carbocycles. The summed E-state index contributed by atoms with van der Waals surface area (Å²) in [6, 6.07) is 1.91. The minimum absolute atomic E-state index is 0.745. The lowest BCUT2D eigenvalue weighted by Crippen LogP contribution is -1.82. The molecule has 1 rings (SSSR count). The Morgan fingerprint density at radius 3 is 2.18 bits per heavy atom. The van der Waals surface area contributed by atoms with Gasteiger partial charge in [-0.05, 0) is 25.5 Å². The maximum Gasteiger partial charge on any atom is 0.0621 e. The Bertz CT molecular complexity index is 221. The number of nitrogens with zero attached hydrogens (tertiary/aromatic N) is 1. The first kappa shape index (κ1) is 10.4. The van der Waals surface area contributed by atoms with Gasteiger partial charge in [-0.2, -0.15) is 0 Å². The van der Waals surface area contributed by atoms with Gasteiger partial charge in [0.25, 0.3) is 0 Å². The van der Waals surface area contributed by atoms with Crippen LogP contribution in [0, 0.1) is 13.8 Å². The average Bonchev–Trinajstić information content (AvgIpc) is 2.02. The van der Waals surface area contributed by atoms with E-state index in [1.807, 2.05) is 33.8 Å². The quantitative estimate of drug-likeness (QED) is 0.583. The van der Waals surface area contributed by atoms with E-state index < -0.39 is 0 Å². The summed E-state index contributed by atoms with van der Waals surface area (Å²) in [5, 5.41) is 0.745. The van der Waals surface area contributed by atoms with E-state index in [0.717, 1.165) is 16.3 Å². The van der Waals surface area contributed by atoms with Crippen LogP contribution in [0.25, 0.3) is 0 Å². The Kier molecular flexibility index (Phi) is 4.88. The molecule has 0 aliphatic carbocycles. The Hall–Kier alpha value is -0.560. The highest BCUT2D eigenvalue weighted by molar-refractivity contribution is 6.31. The molecular formula is C9H14ClN. The lowest BCUT2D eigenvalue weighted by molar-refractivity contribution is 1.17. The summed E-state index contributed by atoms with van der Waals surface area (Å²) in [4.78, 5) is 4.05. The van der Waals surface area contributed by atoms with Crippen molar-refractivity contribution >= 4 is 11.6 Å². The molecule has 0 aliphatic rings. The molecule has 0 bridgehead atoms. The van der Waals surface area contributed by atoms with Crippen molar-refractivity contribution in [1.82, 2.24) is 4.98 Å². The van der Waals surface area contributed by atoms with Gasteiger partial charge in [-0.25, -0.2) is 0 Å². The van der Waals surface area contributed by atoms with Crippen LogP contribution in [0.15, 0.2) is 12.3 Å². The lowest BCUT2D eigenvalue weighted by atomic mass is 10.3. The highest BCUT2D eigenvalue weighted by Crippen LogP contribution is 2.12. The molecule has 0 N–H and O–H groups in total. The molecule has 0 spiro atoms. The van der Waals surface area contributed by atoms with Crippen LogP contribution in [0.5, 0.6) is 0 Å². The van der Waals surface area contributed by atoms with E-state index in [4.69, 9.17) is 11.6 Å². The molecule has 0 amide bonds. The number of pyridine rings is 1. The lowest BCUT2D eigenvalue weighted by Gasteiger charge is -1.95. The van der Waals surface area contributed by atoms with E-state index in [-0.39, 0.29) is 0 Å². The van der Waals surface area contributed by atoms with Crippen molar-refractivity contribution in [2.75, 3.05) is 0 Å². The summed E-state index contributed by atoms with van der Waals surface area (Å²) < 4.78 is 0. The number of aryl methyl sites for hydroxylation is 2. The molecule has 11 heavy (non-hydrogen) atoms. The van der Waals surface area contributed by atoms with Crippen molar-refractivity contribution in [3.05, 3.63) is 28.5 Å². The second-order valence-electron chi connectivity index (χ2n) is 2.08. The molecule has 2 heteroatoms. The summed E-state index contributed by atoms with van der Waals surface area (Å²) >= 11 is 5.75. The first-order chi connectivity index (χ1) is 5.20. The van der Waals surface area contributed by atoms with Gasteiger partial charge in [0.2, 0.25) is 0 Å². The van der Waals surface area contributed by atoms with Gasteiger partial charge in [0.15, 0.2) is 0 Å². The predicted octanol–water partition coefficient (Wildman–Crippen LogP) is 3.38. The van der Waals surface area contributed by atoms with Gasteiger partial charge < -0.3 is 0 Å². The molecule has 0 unspecified atom stereocenters. The minimum atomic E-state index is 0.745. The van der Waals surface area contributed by atoms with Crippen LogP contribution in [-0.4, -0.2) is 4.98 Å². The van der Waals surface area contributed by atoms with Crippen molar-refractivity contribution < 1.29 is 0 Å². The van der Waals surface area contributed by atoms with Crippen LogP contribution in [0.1, 0.15) is 25.1 Å². The zero-order valence-corrected chi connectivity index (χ0v) is 8.24. The van der Waals surface area contributed by atoms with Crippen molar-refractivity contribution in [3.8, 4) is 0 Å². The van der Waals surface area contributed by atoms with E-state index >= 15 is 0 Å². The monoisotopic (exact) mass is 171 g/mol. The minimum Gasteiger partial charge on any atom is -0.260 e. The molecule has 1 aromatic rings. The van der Waals surface area contributed by atoms with Gasteiger partial charge in [-0.15, -0.1) is 0 Å². The zero-order valence-electron chi connectivity index (χ0n) is 7.48. The van der Waals surface area contributed by atoms with Crippen molar-refractivity contribution in [2.45, 2.75) is 27.7 Å². The Morgan fingerprint density at radius 2 is 1.82 bits per heavy atom. The molecule has 0 saturated carbocycles. The molecular weight excluding hydrogens is 158 g/mol. The largest absolute Gasteiger partial charge is 0.260 e. The molecule has 0 aliphatic heterocycles. The van der Waals surface area contributed by atoms with Crippen molar-refractivity contribution in [1.29, 1.82) is 0 Å². The molecule has 0 fully saturated rings. The maximum atomic E-state index is 5.75. The fraction of sp³-hybridized carbons (Fsp3) is 0.444. The molecule has 62 valence electrons. The number of rotatable bonds is 0. The normalized spacial score (nSPS) is 8.45. The maximum absolute atomic E-state index is 5.75. The first-order valence-electron chi connectivity index (χ1n) is 3.79. The van der Waals surface area contributed by atoms with Crippen LogP contribution < -0.4 is 0 Å². The molecule has 0 saturated heterocycles. The van der Waals surface area contributed by atoms with Crippen LogP contribution in [0.3, 0.4) is 0 Å². The molecule has 1 aromatic heterocycles. The van der Waals surface area contributed by atoms with Gasteiger partial charge >= 0.3 is 0 Å². The zero-order chi connectivity index (χ0) is 8.85. The third kappa shape index (κ3) is 3.38. The molecule has 0 atom stereocenters. The Morgan fingerprint density at radius 1 is 1.27 bits per heavy atom. The van der Waals surface area contributed by atoms with Gasteiger partial charge in [0, 0.05) is 6.20 Å². The van der Waals surface area contributed by atoms with E-state index in [0.29, 0.717) is 0 Å². The summed E-state index contributed by atoms with van der Waals surface area (Å²) in [5.41, 5.74) is 1.99. The predicted molar refractivity (Wildman–Crippen MR) is 50.1 cm³/mol. The van der Waals surface area contributed by atoms with E-state index in [1.165, 1.54) is 0 Å². The fourth-order valence-corrected chi connectivity index (χ4v) is 0.823. The smallest absolute Gasteiger partial charge is 0.0621 e. The average molecular weight is 172 g/mol. The third-order valence-corrected chi connectivity index (χ3v) is 1.54. The van der Waals surface area contributed by atoms with Gasteiger partial charge in [0.05, 0.1) is 10.7 Å². The first-order valence-corrected chi connectivity index (χ1v) is 4.16. The van der Waals surface area contributed by atoms with Crippen LogP contribution in [0.4, 0.5) is 0 Å². The van der Waals surface area contributed by atoms with Crippen LogP contribution >= 0.6 is 11.6 Å². The summed E-state index contributed by atoms with van der Waals surface area (Å²) in [6.07, 6.45) is 1.81. The second-order valence-corrected chi connectivity index (χ2v) is 2.49. The van der Waals surface area contributed by atoms with Gasteiger partial charge in [0.1, 0.15) is 0 Å². The summed E-state index contributed by atoms with van der Waals surface area (Å²) in [5.74, 6) is 0. The molecule has 1 nitrogen and oxygen atoms in total. The Balaban J connectivity index is 0.000000461. The number of hydrogen-bond donors (Lipinski definition) is 0.